The molecule has 0 saturated carbocycles. The van der Waals surface area contributed by atoms with E-state index in [2.05, 4.69) is 0 Å². The van der Waals surface area contributed by atoms with Gasteiger partial charge in [0.2, 0.25) is 0 Å². The van der Waals surface area contributed by atoms with Gasteiger partial charge in [-0.2, -0.15) is 0 Å². The average Bonchev–Trinajstić information content (AvgIpc) is 3.25. The maximum Gasteiger partial charge on any atom is 0.338 e. The summed E-state index contributed by atoms with van der Waals surface area (Å²) in [4.78, 5) is 39.8. The molecule has 3 rings (SSSR count). The number of esters is 1. The Bertz CT molecular complexity index is 990. The van der Waals surface area contributed by atoms with Crippen molar-refractivity contribution in [2.45, 2.75) is 4.90 Å². The van der Waals surface area contributed by atoms with Gasteiger partial charge in [0, 0.05) is 32.4 Å². The highest BCUT2D eigenvalue weighted by Crippen LogP contribution is 2.12. The number of amides is 2. The molecule has 0 radical (unpaired) electrons. The van der Waals surface area contributed by atoms with Gasteiger partial charge < -0.3 is 19.0 Å². The fraction of sp³-hybridized carbons (Fsp3) is 0.316. The lowest BCUT2D eigenvalue weighted by Crippen LogP contribution is -2.51. The largest absolute Gasteiger partial charge is 0.459 e. The third-order valence-electron chi connectivity index (χ3n) is 4.50. The summed E-state index contributed by atoms with van der Waals surface area (Å²) in [5.74, 6) is -1.06. The molecule has 0 atom stereocenters. The first-order valence-corrected chi connectivity index (χ1v) is 10.7. The van der Waals surface area contributed by atoms with Crippen LogP contribution in [-0.2, 0) is 19.4 Å². The molecule has 2 amide bonds. The summed E-state index contributed by atoms with van der Waals surface area (Å²) in [5, 5.41) is 0. The first kappa shape index (κ1) is 20.6. The summed E-state index contributed by atoms with van der Waals surface area (Å²) in [5.41, 5.74) is 0.152. The van der Waals surface area contributed by atoms with E-state index in [4.69, 9.17) is 9.15 Å². The van der Waals surface area contributed by atoms with Crippen molar-refractivity contribution in [2.75, 3.05) is 39.0 Å². The summed E-state index contributed by atoms with van der Waals surface area (Å²) in [6.07, 6.45) is 2.50. The highest BCUT2D eigenvalue weighted by Gasteiger charge is 2.26. The number of nitrogens with zero attached hydrogens (tertiary/aromatic N) is 2. The van der Waals surface area contributed by atoms with Crippen LogP contribution in [0.15, 0.2) is 52.0 Å². The van der Waals surface area contributed by atoms with E-state index in [9.17, 15) is 22.8 Å². The summed E-state index contributed by atoms with van der Waals surface area (Å²) < 4.78 is 33.0. The monoisotopic (exact) mass is 420 g/mol. The molecule has 2 heterocycles. The summed E-state index contributed by atoms with van der Waals surface area (Å²) in [7, 11) is -3.36. The van der Waals surface area contributed by atoms with Crippen molar-refractivity contribution in [3.8, 4) is 0 Å². The van der Waals surface area contributed by atoms with Crippen LogP contribution in [0.4, 0.5) is 0 Å². The van der Waals surface area contributed by atoms with Crippen molar-refractivity contribution >= 4 is 27.6 Å². The molecule has 0 aliphatic carbocycles. The van der Waals surface area contributed by atoms with Gasteiger partial charge in [-0.15, -0.1) is 0 Å². The van der Waals surface area contributed by atoms with Gasteiger partial charge in [0.15, 0.2) is 22.2 Å². The molecule has 1 fully saturated rings. The van der Waals surface area contributed by atoms with Crippen LogP contribution < -0.4 is 0 Å². The maximum atomic E-state index is 12.3. The Hall–Kier alpha value is -3.14. The predicted octanol–water partition coefficient (Wildman–Crippen LogP) is 0.824. The second kappa shape index (κ2) is 8.48. The van der Waals surface area contributed by atoms with Crippen LogP contribution in [0.3, 0.4) is 0 Å². The fourth-order valence-corrected chi connectivity index (χ4v) is 3.49. The van der Waals surface area contributed by atoms with E-state index in [-0.39, 0.29) is 28.0 Å². The Morgan fingerprint density at radius 3 is 2.17 bits per heavy atom. The van der Waals surface area contributed by atoms with Gasteiger partial charge in [0.25, 0.3) is 11.8 Å². The molecule has 2 aromatic rings. The molecule has 154 valence electrons. The molecule has 9 nitrogen and oxygen atoms in total. The van der Waals surface area contributed by atoms with Crippen molar-refractivity contribution in [3.63, 3.8) is 0 Å². The standard InChI is InChI=1S/C19H20N2O7S/c1-29(25,26)15-6-4-14(5-7-15)19(24)28-13-17(22)20-8-10-21(11-9-20)18(23)16-3-2-12-27-16/h2-7,12H,8-11,13H2,1H3. The van der Waals surface area contributed by atoms with E-state index < -0.39 is 22.4 Å². The molecule has 1 aliphatic heterocycles. The van der Waals surface area contributed by atoms with Crippen molar-refractivity contribution in [3.05, 3.63) is 54.0 Å². The zero-order chi connectivity index (χ0) is 21.0. The molecular formula is C19H20N2O7S. The Kier molecular flexibility index (Phi) is 6.02. The SMILES string of the molecule is CS(=O)(=O)c1ccc(C(=O)OCC(=O)N2CCN(C(=O)c3ccco3)CC2)cc1. The molecule has 0 unspecified atom stereocenters. The number of hydrogen-bond acceptors (Lipinski definition) is 7. The van der Waals surface area contributed by atoms with E-state index in [1.54, 1.807) is 17.0 Å². The molecule has 1 saturated heterocycles. The minimum absolute atomic E-state index is 0.0899. The zero-order valence-corrected chi connectivity index (χ0v) is 16.6. The van der Waals surface area contributed by atoms with E-state index in [1.807, 2.05) is 0 Å². The second-order valence-corrected chi connectivity index (χ2v) is 8.54. The van der Waals surface area contributed by atoms with Crippen molar-refractivity contribution in [1.29, 1.82) is 0 Å². The number of rotatable bonds is 5. The summed E-state index contributed by atoms with van der Waals surface area (Å²) >= 11 is 0. The fourth-order valence-electron chi connectivity index (χ4n) is 2.86. The van der Waals surface area contributed by atoms with Gasteiger partial charge in [-0.05, 0) is 36.4 Å². The van der Waals surface area contributed by atoms with E-state index >= 15 is 0 Å². The van der Waals surface area contributed by atoms with Crippen LogP contribution in [0.1, 0.15) is 20.9 Å². The zero-order valence-electron chi connectivity index (χ0n) is 15.7. The first-order valence-electron chi connectivity index (χ1n) is 8.83. The minimum atomic E-state index is -3.36. The number of hydrogen-bond donors (Lipinski definition) is 0. The number of furan rings is 1. The Balaban J connectivity index is 1.47. The van der Waals surface area contributed by atoms with Gasteiger partial charge in [-0.1, -0.05) is 0 Å². The van der Waals surface area contributed by atoms with Crippen molar-refractivity contribution in [1.82, 2.24) is 9.80 Å². The molecule has 29 heavy (non-hydrogen) atoms. The normalized spacial score (nSPS) is 14.5. The minimum Gasteiger partial charge on any atom is -0.459 e. The van der Waals surface area contributed by atoms with Gasteiger partial charge in [0.1, 0.15) is 0 Å². The van der Waals surface area contributed by atoms with Gasteiger partial charge in [0.05, 0.1) is 16.7 Å². The van der Waals surface area contributed by atoms with Crippen molar-refractivity contribution in [2.24, 2.45) is 0 Å². The Labute approximate surface area is 167 Å². The number of piperazine rings is 1. The lowest BCUT2D eigenvalue weighted by Gasteiger charge is -2.34. The van der Waals surface area contributed by atoms with Crippen LogP contribution in [-0.4, -0.2) is 75.0 Å². The molecular weight excluding hydrogens is 400 g/mol. The third-order valence-corrected chi connectivity index (χ3v) is 5.62. The van der Waals surface area contributed by atoms with Gasteiger partial charge in [-0.3, -0.25) is 9.59 Å². The highest BCUT2D eigenvalue weighted by atomic mass is 32.2. The first-order chi connectivity index (χ1) is 13.8. The topological polar surface area (TPSA) is 114 Å². The smallest absolute Gasteiger partial charge is 0.338 e. The van der Waals surface area contributed by atoms with E-state index in [1.165, 1.54) is 35.4 Å². The second-order valence-electron chi connectivity index (χ2n) is 6.52. The number of carbonyl (C=O) groups is 3. The van der Waals surface area contributed by atoms with Gasteiger partial charge >= 0.3 is 5.97 Å². The highest BCUT2D eigenvalue weighted by molar-refractivity contribution is 7.90. The molecule has 0 bridgehead atoms. The molecule has 1 aromatic carbocycles. The van der Waals surface area contributed by atoms with Gasteiger partial charge in [-0.25, -0.2) is 13.2 Å². The average molecular weight is 420 g/mol. The van der Waals surface area contributed by atoms with Crippen molar-refractivity contribution < 1.29 is 32.0 Å². The molecule has 0 N–H and O–H groups in total. The molecule has 10 heteroatoms. The molecule has 1 aromatic heterocycles. The molecule has 1 aliphatic rings. The van der Waals surface area contributed by atoms with E-state index in [0.29, 0.717) is 26.2 Å². The number of benzene rings is 1. The van der Waals surface area contributed by atoms with Crippen LogP contribution in [0.25, 0.3) is 0 Å². The Morgan fingerprint density at radius 2 is 1.62 bits per heavy atom. The molecule has 0 spiro atoms. The number of ether oxygens (including phenoxy) is 1. The van der Waals surface area contributed by atoms with Crippen LogP contribution in [0.2, 0.25) is 0 Å². The quantitative estimate of drug-likeness (QED) is 0.658. The third kappa shape index (κ3) is 5.02. The van der Waals surface area contributed by atoms with Crippen LogP contribution in [0.5, 0.6) is 0 Å². The van der Waals surface area contributed by atoms with E-state index in [0.717, 1.165) is 6.26 Å². The lowest BCUT2D eigenvalue weighted by molar-refractivity contribution is -0.136. The Morgan fingerprint density at radius 1 is 1.00 bits per heavy atom. The summed E-state index contributed by atoms with van der Waals surface area (Å²) in [6.45, 7) is 0.926. The number of sulfone groups is 1. The summed E-state index contributed by atoms with van der Waals surface area (Å²) in [6, 6.07) is 8.51. The van der Waals surface area contributed by atoms with Crippen LogP contribution in [0, 0.1) is 0 Å². The lowest BCUT2D eigenvalue weighted by atomic mass is 10.2. The van der Waals surface area contributed by atoms with Crippen LogP contribution >= 0.6 is 0 Å². The maximum absolute atomic E-state index is 12.3. The number of carbonyl (C=O) groups excluding carboxylic acids is 3. The predicted molar refractivity (Wildman–Crippen MR) is 101 cm³/mol.